The van der Waals surface area contributed by atoms with E-state index in [4.69, 9.17) is 4.52 Å². The van der Waals surface area contributed by atoms with Gasteiger partial charge in [-0.2, -0.15) is 4.98 Å². The monoisotopic (exact) mass is 311 g/mol. The lowest BCUT2D eigenvalue weighted by Gasteiger charge is -2.22. The van der Waals surface area contributed by atoms with Crippen LogP contribution in [0, 0.1) is 5.92 Å². The molecule has 0 aliphatic heterocycles. The summed E-state index contributed by atoms with van der Waals surface area (Å²) < 4.78 is 5.21. The molecule has 0 radical (unpaired) electrons. The van der Waals surface area contributed by atoms with Crippen LogP contribution in [0.5, 0.6) is 0 Å². The van der Waals surface area contributed by atoms with Gasteiger partial charge in [0.15, 0.2) is 5.82 Å². The number of hydrogen-bond acceptors (Lipinski definition) is 5. The van der Waals surface area contributed by atoms with Gasteiger partial charge in [0.1, 0.15) is 0 Å². The summed E-state index contributed by atoms with van der Waals surface area (Å²) in [5, 5.41) is 3.87. The molecule has 0 N–H and O–H groups in total. The largest absolute Gasteiger partial charge is 0.339 e. The van der Waals surface area contributed by atoms with E-state index in [1.165, 1.54) is 0 Å². The van der Waals surface area contributed by atoms with E-state index in [9.17, 15) is 4.79 Å². The fourth-order valence-electron chi connectivity index (χ4n) is 1.84. The van der Waals surface area contributed by atoms with Crippen LogP contribution < -0.4 is 0 Å². The molecule has 118 valence electrons. The van der Waals surface area contributed by atoms with Gasteiger partial charge >= 0.3 is 0 Å². The van der Waals surface area contributed by atoms with Crippen molar-refractivity contribution < 1.29 is 9.32 Å². The highest BCUT2D eigenvalue weighted by atomic mass is 32.2. The van der Waals surface area contributed by atoms with Crippen molar-refractivity contribution in [2.75, 3.05) is 12.3 Å². The normalized spacial score (nSPS) is 12.4. The fraction of sp³-hybridized carbons (Fsp3) is 0.667. The zero-order valence-electron chi connectivity index (χ0n) is 13.3. The molecule has 0 fully saturated rings. The SMILES string of the molecule is C=CCS[C@@H](C)C(=O)N(CC)Cc1noc(CC(C)C)n1. The van der Waals surface area contributed by atoms with Gasteiger partial charge in [0.05, 0.1) is 11.8 Å². The van der Waals surface area contributed by atoms with Gasteiger partial charge in [0.25, 0.3) is 0 Å². The topological polar surface area (TPSA) is 59.2 Å². The second-order valence-electron chi connectivity index (χ2n) is 5.32. The predicted molar refractivity (Wildman–Crippen MR) is 86.0 cm³/mol. The van der Waals surface area contributed by atoms with Gasteiger partial charge in [-0.05, 0) is 19.8 Å². The summed E-state index contributed by atoms with van der Waals surface area (Å²) >= 11 is 1.58. The average molecular weight is 311 g/mol. The molecule has 1 atom stereocenters. The Morgan fingerprint density at radius 1 is 1.48 bits per heavy atom. The minimum Gasteiger partial charge on any atom is -0.339 e. The van der Waals surface area contributed by atoms with Crippen LogP contribution in [0.3, 0.4) is 0 Å². The van der Waals surface area contributed by atoms with Crippen LogP contribution in [0.4, 0.5) is 0 Å². The summed E-state index contributed by atoms with van der Waals surface area (Å²) in [5.74, 6) is 2.54. The molecule has 0 spiro atoms. The van der Waals surface area contributed by atoms with Gasteiger partial charge in [-0.25, -0.2) is 0 Å². The minimum absolute atomic E-state index is 0.0926. The Morgan fingerprint density at radius 2 is 2.19 bits per heavy atom. The number of nitrogens with zero attached hydrogens (tertiary/aromatic N) is 3. The quantitative estimate of drug-likeness (QED) is 0.656. The number of thioether (sulfide) groups is 1. The van der Waals surface area contributed by atoms with Crippen molar-refractivity contribution in [1.29, 1.82) is 0 Å². The van der Waals surface area contributed by atoms with Crippen molar-refractivity contribution in [3.05, 3.63) is 24.4 Å². The number of hydrogen-bond donors (Lipinski definition) is 0. The van der Waals surface area contributed by atoms with Gasteiger partial charge in [-0.15, -0.1) is 18.3 Å². The summed E-state index contributed by atoms with van der Waals surface area (Å²) in [5.41, 5.74) is 0. The zero-order valence-corrected chi connectivity index (χ0v) is 14.2. The third-order valence-electron chi connectivity index (χ3n) is 2.93. The van der Waals surface area contributed by atoms with E-state index in [-0.39, 0.29) is 11.2 Å². The Hall–Kier alpha value is -1.30. The van der Waals surface area contributed by atoms with Crippen molar-refractivity contribution in [2.24, 2.45) is 5.92 Å². The fourth-order valence-corrected chi connectivity index (χ4v) is 2.56. The molecule has 1 heterocycles. The molecule has 21 heavy (non-hydrogen) atoms. The Morgan fingerprint density at radius 3 is 2.76 bits per heavy atom. The molecule has 5 nitrogen and oxygen atoms in total. The third-order valence-corrected chi connectivity index (χ3v) is 4.06. The van der Waals surface area contributed by atoms with Gasteiger partial charge < -0.3 is 9.42 Å². The average Bonchev–Trinajstić information content (AvgIpc) is 2.87. The lowest BCUT2D eigenvalue weighted by atomic mass is 10.1. The standard InChI is InChI=1S/C15H25N3O2S/c1-6-8-21-12(5)15(19)18(7-2)10-13-16-14(20-17-13)9-11(3)4/h6,11-12H,1,7-10H2,2-5H3/t12-/m0/s1. The number of rotatable bonds is 9. The van der Waals surface area contributed by atoms with E-state index in [2.05, 4.69) is 30.6 Å². The second-order valence-corrected chi connectivity index (χ2v) is 6.69. The Balaban J connectivity index is 2.62. The molecule has 1 rings (SSSR count). The maximum absolute atomic E-state index is 12.4. The van der Waals surface area contributed by atoms with Crippen LogP contribution in [-0.4, -0.2) is 38.5 Å². The third kappa shape index (κ3) is 5.91. The number of carbonyl (C=O) groups excluding carboxylic acids is 1. The Bertz CT molecular complexity index is 460. The van der Waals surface area contributed by atoms with Crippen LogP contribution in [0.1, 0.15) is 39.4 Å². The molecular weight excluding hydrogens is 286 g/mol. The first-order chi connectivity index (χ1) is 9.97. The van der Waals surface area contributed by atoms with Gasteiger partial charge in [-0.3, -0.25) is 4.79 Å². The summed E-state index contributed by atoms with van der Waals surface area (Å²) in [6.45, 7) is 12.8. The van der Waals surface area contributed by atoms with E-state index in [1.54, 1.807) is 16.7 Å². The van der Waals surface area contributed by atoms with Crippen molar-refractivity contribution >= 4 is 17.7 Å². The van der Waals surface area contributed by atoms with Gasteiger partial charge in [0, 0.05) is 18.7 Å². The maximum Gasteiger partial charge on any atom is 0.235 e. The number of aromatic nitrogens is 2. The van der Waals surface area contributed by atoms with Crippen molar-refractivity contribution in [1.82, 2.24) is 15.0 Å². The van der Waals surface area contributed by atoms with Crippen LogP contribution in [0.15, 0.2) is 17.2 Å². The lowest BCUT2D eigenvalue weighted by Crippen LogP contribution is -2.36. The van der Waals surface area contributed by atoms with E-state index in [0.29, 0.717) is 30.7 Å². The first-order valence-electron chi connectivity index (χ1n) is 7.30. The lowest BCUT2D eigenvalue weighted by molar-refractivity contribution is -0.130. The highest BCUT2D eigenvalue weighted by Crippen LogP contribution is 2.15. The van der Waals surface area contributed by atoms with Crippen LogP contribution >= 0.6 is 11.8 Å². The van der Waals surface area contributed by atoms with E-state index in [1.807, 2.05) is 19.9 Å². The van der Waals surface area contributed by atoms with E-state index >= 15 is 0 Å². The van der Waals surface area contributed by atoms with Gasteiger partial charge in [0.2, 0.25) is 11.8 Å². The molecule has 0 aliphatic rings. The molecule has 0 bridgehead atoms. The second kappa shape index (κ2) is 8.87. The highest BCUT2D eigenvalue weighted by molar-refractivity contribution is 8.00. The van der Waals surface area contributed by atoms with Crippen molar-refractivity contribution in [3.63, 3.8) is 0 Å². The molecule has 0 saturated heterocycles. The summed E-state index contributed by atoms with van der Waals surface area (Å²) in [6.07, 6.45) is 2.57. The van der Waals surface area contributed by atoms with Crippen molar-refractivity contribution in [3.8, 4) is 0 Å². The van der Waals surface area contributed by atoms with E-state index in [0.717, 1.165) is 12.2 Å². The molecule has 0 saturated carbocycles. The molecule has 1 aromatic heterocycles. The smallest absolute Gasteiger partial charge is 0.235 e. The molecule has 6 heteroatoms. The predicted octanol–water partition coefficient (Wildman–Crippen LogP) is 2.92. The van der Waals surface area contributed by atoms with Crippen LogP contribution in [0.2, 0.25) is 0 Å². The van der Waals surface area contributed by atoms with Gasteiger partial charge in [-0.1, -0.05) is 25.1 Å². The molecular formula is C15H25N3O2S. The highest BCUT2D eigenvalue weighted by Gasteiger charge is 2.21. The van der Waals surface area contributed by atoms with E-state index < -0.39 is 0 Å². The summed E-state index contributed by atoms with van der Waals surface area (Å²) in [7, 11) is 0. The zero-order chi connectivity index (χ0) is 15.8. The Kier molecular flexibility index (Phi) is 7.50. The van der Waals surface area contributed by atoms with Crippen LogP contribution in [-0.2, 0) is 17.8 Å². The first kappa shape index (κ1) is 17.8. The molecule has 1 amide bonds. The molecule has 1 aromatic rings. The number of carbonyl (C=O) groups is 1. The first-order valence-corrected chi connectivity index (χ1v) is 8.35. The summed E-state index contributed by atoms with van der Waals surface area (Å²) in [6, 6.07) is 0. The maximum atomic E-state index is 12.4. The van der Waals surface area contributed by atoms with Crippen molar-refractivity contribution in [2.45, 2.75) is 45.9 Å². The summed E-state index contributed by atoms with van der Waals surface area (Å²) in [4.78, 5) is 18.5. The minimum atomic E-state index is -0.0926. The Labute approximate surface area is 131 Å². The van der Waals surface area contributed by atoms with Crippen LogP contribution in [0.25, 0.3) is 0 Å². The number of amides is 1. The molecule has 0 unspecified atom stereocenters. The molecule has 0 aliphatic carbocycles. The molecule has 0 aromatic carbocycles.